The van der Waals surface area contributed by atoms with Gasteiger partial charge >= 0.3 is 0 Å². The van der Waals surface area contributed by atoms with Crippen LogP contribution in [0.5, 0.6) is 5.75 Å². The summed E-state index contributed by atoms with van der Waals surface area (Å²) in [6.07, 6.45) is 2.57. The fourth-order valence-corrected chi connectivity index (χ4v) is 1.72. The first kappa shape index (κ1) is 17.7. The van der Waals surface area contributed by atoms with Gasteiger partial charge in [0.15, 0.2) is 0 Å². The van der Waals surface area contributed by atoms with Gasteiger partial charge in [0, 0.05) is 13.0 Å². The van der Waals surface area contributed by atoms with Gasteiger partial charge < -0.3 is 18.9 Å². The van der Waals surface area contributed by atoms with Gasteiger partial charge in [0.1, 0.15) is 11.9 Å². The Bertz CT molecular complexity index is 353. The summed E-state index contributed by atoms with van der Waals surface area (Å²) in [6, 6.07) is 9.74. The van der Waals surface area contributed by atoms with E-state index in [1.165, 1.54) is 0 Å². The third-order valence-corrected chi connectivity index (χ3v) is 2.73. The predicted octanol–water partition coefficient (Wildman–Crippen LogP) is 3.08. The van der Waals surface area contributed by atoms with Crippen LogP contribution >= 0.6 is 0 Å². The molecule has 0 heterocycles. The SMILES string of the molecule is C=CCC(COCCOCCOCC)Oc1ccccc1. The molecule has 21 heavy (non-hydrogen) atoms. The maximum Gasteiger partial charge on any atom is 0.125 e. The molecule has 1 unspecified atom stereocenters. The Morgan fingerprint density at radius 2 is 1.67 bits per heavy atom. The molecule has 0 N–H and O–H groups in total. The lowest BCUT2D eigenvalue weighted by atomic mass is 10.2. The van der Waals surface area contributed by atoms with E-state index in [9.17, 15) is 0 Å². The van der Waals surface area contributed by atoms with Crippen molar-refractivity contribution in [2.75, 3.05) is 39.6 Å². The molecular formula is C17H26O4. The van der Waals surface area contributed by atoms with Crippen LogP contribution in [0.15, 0.2) is 43.0 Å². The van der Waals surface area contributed by atoms with Gasteiger partial charge in [0.25, 0.3) is 0 Å². The number of para-hydroxylation sites is 1. The standard InChI is InChI=1S/C17H26O4/c1-3-8-17(21-16-9-6-5-7-10-16)15-20-14-13-19-12-11-18-4-2/h3,5-7,9-10,17H,1,4,8,11-15H2,2H3. The van der Waals surface area contributed by atoms with Crippen molar-refractivity contribution < 1.29 is 18.9 Å². The fourth-order valence-electron chi connectivity index (χ4n) is 1.72. The Labute approximate surface area is 127 Å². The van der Waals surface area contributed by atoms with E-state index in [1.807, 2.05) is 43.3 Å². The second kappa shape index (κ2) is 12.4. The lowest BCUT2D eigenvalue weighted by molar-refractivity contribution is -0.00277. The fraction of sp³-hybridized carbons (Fsp3) is 0.529. The third-order valence-electron chi connectivity index (χ3n) is 2.73. The molecule has 1 atom stereocenters. The lowest BCUT2D eigenvalue weighted by Gasteiger charge is -2.18. The summed E-state index contributed by atoms with van der Waals surface area (Å²) in [5, 5.41) is 0. The molecule has 0 bridgehead atoms. The number of ether oxygens (including phenoxy) is 4. The van der Waals surface area contributed by atoms with E-state index in [2.05, 4.69) is 6.58 Å². The first-order chi connectivity index (χ1) is 10.4. The molecule has 0 aliphatic carbocycles. The Kier molecular flexibility index (Phi) is 10.4. The smallest absolute Gasteiger partial charge is 0.125 e. The van der Waals surface area contributed by atoms with E-state index in [0.29, 0.717) is 33.0 Å². The van der Waals surface area contributed by atoms with Crippen LogP contribution in [0.3, 0.4) is 0 Å². The molecule has 0 aromatic heterocycles. The average molecular weight is 294 g/mol. The molecular weight excluding hydrogens is 268 g/mol. The quantitative estimate of drug-likeness (QED) is 0.414. The molecule has 4 nitrogen and oxygen atoms in total. The second-order valence-electron chi connectivity index (χ2n) is 4.46. The first-order valence-corrected chi connectivity index (χ1v) is 7.42. The van der Waals surface area contributed by atoms with Crippen LogP contribution in [-0.2, 0) is 14.2 Å². The minimum atomic E-state index is -0.0201. The van der Waals surface area contributed by atoms with Gasteiger partial charge in [-0.25, -0.2) is 0 Å². The van der Waals surface area contributed by atoms with Gasteiger partial charge in [-0.15, -0.1) is 6.58 Å². The molecule has 1 rings (SSSR count). The Morgan fingerprint density at radius 3 is 2.33 bits per heavy atom. The van der Waals surface area contributed by atoms with Gasteiger partial charge in [-0.3, -0.25) is 0 Å². The van der Waals surface area contributed by atoms with Crippen molar-refractivity contribution in [1.82, 2.24) is 0 Å². The maximum absolute atomic E-state index is 5.86. The molecule has 0 aliphatic rings. The molecule has 0 amide bonds. The molecule has 0 fully saturated rings. The van der Waals surface area contributed by atoms with E-state index in [-0.39, 0.29) is 6.10 Å². The van der Waals surface area contributed by atoms with E-state index < -0.39 is 0 Å². The van der Waals surface area contributed by atoms with Crippen LogP contribution < -0.4 is 4.74 Å². The summed E-state index contributed by atoms with van der Waals surface area (Å²) in [4.78, 5) is 0. The average Bonchev–Trinajstić information content (AvgIpc) is 2.51. The number of benzene rings is 1. The zero-order valence-corrected chi connectivity index (χ0v) is 12.8. The van der Waals surface area contributed by atoms with Crippen LogP contribution in [0.2, 0.25) is 0 Å². The number of hydrogen-bond acceptors (Lipinski definition) is 4. The van der Waals surface area contributed by atoms with E-state index in [0.717, 1.165) is 18.8 Å². The monoisotopic (exact) mass is 294 g/mol. The summed E-state index contributed by atoms with van der Waals surface area (Å²) >= 11 is 0. The highest BCUT2D eigenvalue weighted by molar-refractivity contribution is 5.21. The highest BCUT2D eigenvalue weighted by Gasteiger charge is 2.08. The zero-order valence-electron chi connectivity index (χ0n) is 12.8. The summed E-state index contributed by atoms with van der Waals surface area (Å²) in [6.45, 7) is 9.33. The molecule has 0 aliphatic heterocycles. The van der Waals surface area contributed by atoms with Crippen molar-refractivity contribution in [3.63, 3.8) is 0 Å². The Balaban J connectivity index is 2.12. The van der Waals surface area contributed by atoms with Crippen LogP contribution in [0.4, 0.5) is 0 Å². The molecule has 118 valence electrons. The Morgan fingerprint density at radius 1 is 1.00 bits per heavy atom. The molecule has 4 heteroatoms. The number of hydrogen-bond donors (Lipinski definition) is 0. The van der Waals surface area contributed by atoms with Gasteiger partial charge in [0.05, 0.1) is 33.0 Å². The van der Waals surface area contributed by atoms with Crippen LogP contribution in [0.1, 0.15) is 13.3 Å². The summed E-state index contributed by atoms with van der Waals surface area (Å²) in [5.74, 6) is 0.848. The minimum absolute atomic E-state index is 0.0201. The molecule has 1 aromatic carbocycles. The largest absolute Gasteiger partial charge is 0.488 e. The van der Waals surface area contributed by atoms with Crippen LogP contribution in [0.25, 0.3) is 0 Å². The van der Waals surface area contributed by atoms with Gasteiger partial charge in [0.2, 0.25) is 0 Å². The highest BCUT2D eigenvalue weighted by Crippen LogP contribution is 2.13. The van der Waals surface area contributed by atoms with Crippen LogP contribution in [-0.4, -0.2) is 45.7 Å². The van der Waals surface area contributed by atoms with Crippen LogP contribution in [0, 0.1) is 0 Å². The first-order valence-electron chi connectivity index (χ1n) is 7.42. The van der Waals surface area contributed by atoms with Gasteiger partial charge in [-0.05, 0) is 19.1 Å². The molecule has 0 saturated heterocycles. The summed E-state index contributed by atoms with van der Waals surface area (Å²) in [7, 11) is 0. The second-order valence-corrected chi connectivity index (χ2v) is 4.46. The van der Waals surface area contributed by atoms with E-state index in [4.69, 9.17) is 18.9 Å². The van der Waals surface area contributed by atoms with Crippen molar-refractivity contribution in [2.24, 2.45) is 0 Å². The van der Waals surface area contributed by atoms with Crippen molar-refractivity contribution in [2.45, 2.75) is 19.4 Å². The van der Waals surface area contributed by atoms with E-state index in [1.54, 1.807) is 0 Å². The van der Waals surface area contributed by atoms with Gasteiger partial charge in [-0.1, -0.05) is 24.3 Å². The topological polar surface area (TPSA) is 36.9 Å². The van der Waals surface area contributed by atoms with Crippen molar-refractivity contribution in [3.8, 4) is 5.75 Å². The number of rotatable bonds is 13. The third kappa shape index (κ3) is 9.24. The normalized spacial score (nSPS) is 12.0. The molecule has 0 spiro atoms. The van der Waals surface area contributed by atoms with E-state index >= 15 is 0 Å². The lowest BCUT2D eigenvalue weighted by Crippen LogP contribution is -2.23. The predicted molar refractivity (Wildman–Crippen MR) is 83.8 cm³/mol. The van der Waals surface area contributed by atoms with Gasteiger partial charge in [-0.2, -0.15) is 0 Å². The Hall–Kier alpha value is -1.36. The van der Waals surface area contributed by atoms with Crippen molar-refractivity contribution in [3.05, 3.63) is 43.0 Å². The zero-order chi connectivity index (χ0) is 15.2. The molecule has 0 radical (unpaired) electrons. The summed E-state index contributed by atoms with van der Waals surface area (Å²) < 4.78 is 22.0. The van der Waals surface area contributed by atoms with Crippen molar-refractivity contribution >= 4 is 0 Å². The minimum Gasteiger partial charge on any atom is -0.488 e. The van der Waals surface area contributed by atoms with Crippen molar-refractivity contribution in [1.29, 1.82) is 0 Å². The highest BCUT2D eigenvalue weighted by atomic mass is 16.6. The maximum atomic E-state index is 5.86. The molecule has 1 aromatic rings. The molecule has 0 saturated carbocycles. The summed E-state index contributed by atoms with van der Waals surface area (Å²) in [5.41, 5.74) is 0.